The highest BCUT2D eigenvalue weighted by Gasteiger charge is 2.29. The van der Waals surface area contributed by atoms with Gasteiger partial charge in [-0.05, 0) is 40.2 Å². The van der Waals surface area contributed by atoms with Gasteiger partial charge in [-0.15, -0.1) is 0 Å². The summed E-state index contributed by atoms with van der Waals surface area (Å²) in [7, 11) is 0. The van der Waals surface area contributed by atoms with Gasteiger partial charge in [0.05, 0.1) is 13.2 Å². The monoisotopic (exact) mass is 258 g/mol. The maximum atomic E-state index is 5.52. The molecule has 0 unspecified atom stereocenters. The minimum atomic E-state index is 0.189. The zero-order valence-corrected chi connectivity index (χ0v) is 12.3. The predicted molar refractivity (Wildman–Crippen MR) is 75.1 cm³/mol. The van der Waals surface area contributed by atoms with Crippen molar-refractivity contribution in [2.45, 2.75) is 39.2 Å². The number of ether oxygens (including phenoxy) is 2. The molecular weight excluding hydrogens is 228 g/mol. The van der Waals surface area contributed by atoms with Crippen LogP contribution < -0.4 is 5.32 Å². The van der Waals surface area contributed by atoms with E-state index >= 15 is 0 Å². The quantitative estimate of drug-likeness (QED) is 0.636. The summed E-state index contributed by atoms with van der Waals surface area (Å²) in [5, 5.41) is 3.51. The highest BCUT2D eigenvalue weighted by molar-refractivity contribution is 4.84. The molecule has 108 valence electrons. The van der Waals surface area contributed by atoms with Crippen LogP contribution in [0.15, 0.2) is 0 Å². The lowest BCUT2D eigenvalue weighted by atomic mass is 10.0. The van der Waals surface area contributed by atoms with E-state index in [0.717, 1.165) is 59.0 Å². The fourth-order valence-corrected chi connectivity index (χ4v) is 2.24. The summed E-state index contributed by atoms with van der Waals surface area (Å²) in [6, 6.07) is 0. The van der Waals surface area contributed by atoms with E-state index < -0.39 is 0 Å². The first-order valence-corrected chi connectivity index (χ1v) is 7.28. The van der Waals surface area contributed by atoms with E-state index in [1.165, 1.54) is 6.42 Å². The third kappa shape index (κ3) is 6.14. The number of hydrogen-bond donors (Lipinski definition) is 1. The zero-order chi connectivity index (χ0) is 13.3. The largest absolute Gasteiger partial charge is 0.382 e. The summed E-state index contributed by atoms with van der Waals surface area (Å²) in [5.74, 6) is 0. The van der Waals surface area contributed by atoms with Gasteiger partial charge in [0, 0.05) is 38.4 Å². The molecule has 4 nitrogen and oxygen atoms in total. The lowest BCUT2D eigenvalue weighted by Crippen LogP contribution is -2.54. The van der Waals surface area contributed by atoms with Crippen LogP contribution in [0, 0.1) is 0 Å². The van der Waals surface area contributed by atoms with Crippen LogP contribution in [-0.4, -0.2) is 63.0 Å². The summed E-state index contributed by atoms with van der Waals surface area (Å²) in [5.41, 5.74) is 0.189. The topological polar surface area (TPSA) is 33.7 Å². The fraction of sp³-hybridized carbons (Fsp3) is 1.00. The van der Waals surface area contributed by atoms with Crippen LogP contribution in [0.25, 0.3) is 0 Å². The normalized spacial score (nSPS) is 20.2. The highest BCUT2D eigenvalue weighted by Crippen LogP contribution is 2.17. The summed E-state index contributed by atoms with van der Waals surface area (Å²) in [4.78, 5) is 2.52. The first-order chi connectivity index (χ1) is 8.67. The van der Waals surface area contributed by atoms with Crippen molar-refractivity contribution in [1.82, 2.24) is 10.2 Å². The maximum Gasteiger partial charge on any atom is 0.0645 e. The molecule has 1 saturated heterocycles. The Bertz CT molecular complexity index is 210. The first kappa shape index (κ1) is 15.9. The van der Waals surface area contributed by atoms with Gasteiger partial charge in [-0.2, -0.15) is 0 Å². The Morgan fingerprint density at radius 1 is 1.28 bits per heavy atom. The van der Waals surface area contributed by atoms with Crippen molar-refractivity contribution in [1.29, 1.82) is 0 Å². The minimum Gasteiger partial charge on any atom is -0.382 e. The number of nitrogens with one attached hydrogen (secondary N) is 1. The van der Waals surface area contributed by atoms with Gasteiger partial charge >= 0.3 is 0 Å². The number of rotatable bonds is 9. The Hall–Kier alpha value is -0.160. The van der Waals surface area contributed by atoms with Crippen molar-refractivity contribution in [2.75, 3.05) is 52.6 Å². The molecule has 0 aliphatic carbocycles. The van der Waals surface area contributed by atoms with Crippen LogP contribution in [0.1, 0.15) is 33.6 Å². The molecule has 0 aromatic heterocycles. The zero-order valence-electron chi connectivity index (χ0n) is 12.3. The van der Waals surface area contributed by atoms with E-state index in [2.05, 4.69) is 24.1 Å². The molecule has 0 aromatic carbocycles. The van der Waals surface area contributed by atoms with Gasteiger partial charge in [0.2, 0.25) is 0 Å². The van der Waals surface area contributed by atoms with Gasteiger partial charge in [0.15, 0.2) is 0 Å². The molecule has 0 atom stereocenters. The van der Waals surface area contributed by atoms with E-state index in [4.69, 9.17) is 9.47 Å². The Morgan fingerprint density at radius 2 is 2.11 bits per heavy atom. The standard InChI is InChI=1S/C14H30N2O2/c1-4-17-11-6-5-7-15-8-9-16-10-12-18-13-14(16,2)3/h15H,4-13H2,1-3H3. The van der Waals surface area contributed by atoms with Gasteiger partial charge in [-0.25, -0.2) is 0 Å². The van der Waals surface area contributed by atoms with Crippen molar-refractivity contribution >= 4 is 0 Å². The summed E-state index contributed by atoms with van der Waals surface area (Å²) in [6.07, 6.45) is 2.36. The van der Waals surface area contributed by atoms with E-state index in [1.54, 1.807) is 0 Å². The van der Waals surface area contributed by atoms with Crippen LogP contribution in [0.3, 0.4) is 0 Å². The van der Waals surface area contributed by atoms with Crippen LogP contribution in [0.4, 0.5) is 0 Å². The summed E-state index contributed by atoms with van der Waals surface area (Å²) >= 11 is 0. The summed E-state index contributed by atoms with van der Waals surface area (Å²) in [6.45, 7) is 14.3. The molecule has 1 N–H and O–H groups in total. The third-order valence-electron chi connectivity index (χ3n) is 3.47. The molecule has 0 amide bonds. The molecule has 0 aromatic rings. The van der Waals surface area contributed by atoms with Gasteiger partial charge in [-0.1, -0.05) is 0 Å². The summed E-state index contributed by atoms with van der Waals surface area (Å²) < 4.78 is 10.8. The van der Waals surface area contributed by atoms with Gasteiger partial charge in [0.25, 0.3) is 0 Å². The van der Waals surface area contributed by atoms with Crippen molar-refractivity contribution in [3.05, 3.63) is 0 Å². The van der Waals surface area contributed by atoms with Gasteiger partial charge < -0.3 is 14.8 Å². The average Bonchev–Trinajstić information content (AvgIpc) is 2.34. The van der Waals surface area contributed by atoms with E-state index in [-0.39, 0.29) is 5.54 Å². The number of nitrogens with zero attached hydrogens (tertiary/aromatic N) is 1. The van der Waals surface area contributed by atoms with Crippen LogP contribution in [0.5, 0.6) is 0 Å². The molecule has 1 aliphatic heterocycles. The lowest BCUT2D eigenvalue weighted by Gasteiger charge is -2.42. The number of unbranched alkanes of at least 4 members (excludes halogenated alkanes) is 1. The molecule has 0 saturated carbocycles. The second-order valence-corrected chi connectivity index (χ2v) is 5.51. The molecule has 1 rings (SSSR count). The smallest absolute Gasteiger partial charge is 0.0645 e. The van der Waals surface area contributed by atoms with E-state index in [1.807, 2.05) is 6.92 Å². The van der Waals surface area contributed by atoms with Crippen LogP contribution in [0.2, 0.25) is 0 Å². The van der Waals surface area contributed by atoms with Crippen molar-refractivity contribution < 1.29 is 9.47 Å². The van der Waals surface area contributed by atoms with Crippen LogP contribution in [-0.2, 0) is 9.47 Å². The minimum absolute atomic E-state index is 0.189. The Morgan fingerprint density at radius 3 is 2.83 bits per heavy atom. The van der Waals surface area contributed by atoms with Crippen LogP contribution >= 0.6 is 0 Å². The molecule has 4 heteroatoms. The molecular formula is C14H30N2O2. The predicted octanol–water partition coefficient (Wildman–Crippen LogP) is 1.50. The van der Waals surface area contributed by atoms with Crippen molar-refractivity contribution in [3.63, 3.8) is 0 Å². The second kappa shape index (κ2) is 8.86. The SMILES string of the molecule is CCOCCCCNCCN1CCOCC1(C)C. The average molecular weight is 258 g/mol. The number of morpholine rings is 1. The maximum absolute atomic E-state index is 5.52. The van der Waals surface area contributed by atoms with Gasteiger partial charge in [-0.3, -0.25) is 4.90 Å². The van der Waals surface area contributed by atoms with E-state index in [9.17, 15) is 0 Å². The van der Waals surface area contributed by atoms with Crippen molar-refractivity contribution in [3.8, 4) is 0 Å². The first-order valence-electron chi connectivity index (χ1n) is 7.28. The van der Waals surface area contributed by atoms with Gasteiger partial charge in [0.1, 0.15) is 0 Å². The third-order valence-corrected chi connectivity index (χ3v) is 3.47. The lowest BCUT2D eigenvalue weighted by molar-refractivity contribution is -0.0500. The molecule has 0 bridgehead atoms. The highest BCUT2D eigenvalue weighted by atomic mass is 16.5. The second-order valence-electron chi connectivity index (χ2n) is 5.51. The fourth-order valence-electron chi connectivity index (χ4n) is 2.24. The Balaban J connectivity index is 1.97. The molecule has 18 heavy (non-hydrogen) atoms. The Labute approximate surface area is 112 Å². The molecule has 1 aliphatic rings. The Kier molecular flexibility index (Phi) is 7.82. The van der Waals surface area contributed by atoms with E-state index in [0.29, 0.717) is 0 Å². The van der Waals surface area contributed by atoms with Crippen molar-refractivity contribution in [2.24, 2.45) is 0 Å². The molecule has 0 spiro atoms. The molecule has 0 radical (unpaired) electrons. The number of hydrogen-bond acceptors (Lipinski definition) is 4. The molecule has 1 heterocycles. The molecule has 1 fully saturated rings.